The lowest BCUT2D eigenvalue weighted by Crippen LogP contribution is -2.47. The van der Waals surface area contributed by atoms with Crippen LogP contribution in [0.1, 0.15) is 47.0 Å². The molecule has 0 aromatic carbocycles. The summed E-state index contributed by atoms with van der Waals surface area (Å²) in [4.78, 5) is 24.5. The monoisotopic (exact) mass is 302 g/mol. The highest BCUT2D eigenvalue weighted by Crippen LogP contribution is 2.61. The number of cyclic esters (lactones) is 1. The predicted octanol–water partition coefficient (Wildman–Crippen LogP) is 2.93. The number of hydrogen-bond acceptors (Lipinski definition) is 4. The zero-order chi connectivity index (χ0) is 15.9. The Morgan fingerprint density at radius 1 is 1.23 bits per heavy atom. The first-order chi connectivity index (χ1) is 10.2. The molecule has 0 spiro atoms. The number of esters is 2. The Kier molecular flexibility index (Phi) is 2.57. The Labute approximate surface area is 130 Å². The smallest absolute Gasteiger partial charge is 0.334 e. The van der Waals surface area contributed by atoms with Crippen molar-refractivity contribution in [1.29, 1.82) is 0 Å². The van der Waals surface area contributed by atoms with E-state index in [2.05, 4.69) is 6.08 Å². The zero-order valence-corrected chi connectivity index (χ0v) is 13.6. The standard InChI is InChI=1S/C18H22O4/c1-9-11-7-10-5-6-14-17(2,3)22-16(20)18(14,4)12(10)8-13(11)21-15(9)19/h7,12-14H,5-6,8H2,1-4H3/t12-,13-,14-,18+/m1/s1. The largest absolute Gasteiger partial charge is 0.459 e. The van der Waals surface area contributed by atoms with Gasteiger partial charge in [-0.05, 0) is 47.0 Å². The molecule has 0 radical (unpaired) electrons. The minimum Gasteiger partial charge on any atom is -0.459 e. The van der Waals surface area contributed by atoms with Gasteiger partial charge in [0, 0.05) is 23.0 Å². The minimum atomic E-state index is -0.498. The molecule has 4 rings (SSSR count). The van der Waals surface area contributed by atoms with Crippen LogP contribution in [0, 0.1) is 17.3 Å². The van der Waals surface area contributed by atoms with Gasteiger partial charge in [-0.25, -0.2) is 4.79 Å². The summed E-state index contributed by atoms with van der Waals surface area (Å²) >= 11 is 0. The number of carbonyl (C=O) groups excluding carboxylic acids is 2. The maximum absolute atomic E-state index is 12.7. The molecule has 0 bridgehead atoms. The second-order valence-electron chi connectivity index (χ2n) is 7.85. The van der Waals surface area contributed by atoms with E-state index in [-0.39, 0.29) is 29.9 Å². The van der Waals surface area contributed by atoms with E-state index in [0.29, 0.717) is 6.42 Å². The molecule has 1 saturated heterocycles. The zero-order valence-electron chi connectivity index (χ0n) is 13.6. The number of ether oxygens (including phenoxy) is 2. The normalized spacial score (nSPS) is 42.2. The summed E-state index contributed by atoms with van der Waals surface area (Å²) in [6.07, 6.45) is 4.58. The summed E-state index contributed by atoms with van der Waals surface area (Å²) in [7, 11) is 0. The van der Waals surface area contributed by atoms with Gasteiger partial charge in [0.1, 0.15) is 11.7 Å². The van der Waals surface area contributed by atoms with Gasteiger partial charge in [0.05, 0.1) is 5.41 Å². The summed E-state index contributed by atoms with van der Waals surface area (Å²) in [5, 5.41) is 0. The van der Waals surface area contributed by atoms with Gasteiger partial charge in [-0.15, -0.1) is 0 Å². The van der Waals surface area contributed by atoms with E-state index in [1.807, 2.05) is 27.7 Å². The van der Waals surface area contributed by atoms with Crippen LogP contribution in [0.15, 0.2) is 22.8 Å². The SMILES string of the molecule is CC1=C2C=C3CC[C@@H]4C(C)(C)OC(=O)[C@@]4(C)[C@@H]3C[C@H]2OC1=O. The van der Waals surface area contributed by atoms with Crippen LogP contribution in [0.2, 0.25) is 0 Å². The lowest BCUT2D eigenvalue weighted by Gasteiger charge is -2.46. The van der Waals surface area contributed by atoms with E-state index in [4.69, 9.17) is 9.47 Å². The van der Waals surface area contributed by atoms with Gasteiger partial charge in [-0.1, -0.05) is 11.6 Å². The number of hydrogen-bond donors (Lipinski definition) is 0. The molecule has 4 nitrogen and oxygen atoms in total. The van der Waals surface area contributed by atoms with E-state index in [0.717, 1.165) is 24.0 Å². The van der Waals surface area contributed by atoms with Crippen molar-refractivity contribution in [2.24, 2.45) is 17.3 Å². The molecule has 4 aliphatic rings. The number of carbonyl (C=O) groups is 2. The van der Waals surface area contributed by atoms with Crippen molar-refractivity contribution in [1.82, 2.24) is 0 Å². The van der Waals surface area contributed by atoms with Crippen LogP contribution in [0.3, 0.4) is 0 Å². The van der Waals surface area contributed by atoms with Crippen molar-refractivity contribution in [2.75, 3.05) is 0 Å². The fourth-order valence-electron chi connectivity index (χ4n) is 5.19. The Balaban J connectivity index is 1.79. The quantitative estimate of drug-likeness (QED) is 0.646. The molecule has 0 amide bonds. The molecular formula is C18H22O4. The van der Waals surface area contributed by atoms with Crippen LogP contribution in [0.4, 0.5) is 0 Å². The van der Waals surface area contributed by atoms with E-state index in [9.17, 15) is 9.59 Å². The summed E-state index contributed by atoms with van der Waals surface area (Å²) < 4.78 is 11.2. The Morgan fingerprint density at radius 2 is 1.95 bits per heavy atom. The van der Waals surface area contributed by atoms with Crippen LogP contribution in [-0.2, 0) is 19.1 Å². The molecule has 0 unspecified atom stereocenters. The molecule has 2 fully saturated rings. The molecular weight excluding hydrogens is 280 g/mol. The first kappa shape index (κ1) is 14.0. The van der Waals surface area contributed by atoms with E-state index >= 15 is 0 Å². The molecule has 0 N–H and O–H groups in total. The molecule has 22 heavy (non-hydrogen) atoms. The number of allylic oxidation sites excluding steroid dienone is 1. The third-order valence-electron chi connectivity index (χ3n) is 6.38. The van der Waals surface area contributed by atoms with Gasteiger partial charge in [0.15, 0.2) is 0 Å². The molecule has 2 aliphatic carbocycles. The van der Waals surface area contributed by atoms with Crippen LogP contribution in [0.5, 0.6) is 0 Å². The van der Waals surface area contributed by atoms with Gasteiger partial charge >= 0.3 is 11.9 Å². The van der Waals surface area contributed by atoms with E-state index in [1.54, 1.807) is 0 Å². The number of rotatable bonds is 0. The van der Waals surface area contributed by atoms with Gasteiger partial charge in [-0.2, -0.15) is 0 Å². The van der Waals surface area contributed by atoms with Gasteiger partial charge in [0.2, 0.25) is 0 Å². The molecule has 0 aromatic heterocycles. The summed E-state index contributed by atoms with van der Waals surface area (Å²) in [6.45, 7) is 7.91. The summed E-state index contributed by atoms with van der Waals surface area (Å²) in [6, 6.07) is 0. The van der Waals surface area contributed by atoms with Crippen molar-refractivity contribution in [3.63, 3.8) is 0 Å². The van der Waals surface area contributed by atoms with Crippen LogP contribution in [-0.4, -0.2) is 23.6 Å². The van der Waals surface area contributed by atoms with Gasteiger partial charge in [0.25, 0.3) is 0 Å². The Bertz CT molecular complexity index is 654. The third-order valence-corrected chi connectivity index (χ3v) is 6.38. The first-order valence-electron chi connectivity index (χ1n) is 8.11. The maximum atomic E-state index is 12.7. The molecule has 2 aliphatic heterocycles. The molecule has 118 valence electrons. The lowest BCUT2D eigenvalue weighted by molar-refractivity contribution is -0.153. The van der Waals surface area contributed by atoms with Gasteiger partial charge in [-0.3, -0.25) is 4.79 Å². The molecule has 4 heteroatoms. The second kappa shape index (κ2) is 4.03. The maximum Gasteiger partial charge on any atom is 0.334 e. The average molecular weight is 302 g/mol. The van der Waals surface area contributed by atoms with Crippen molar-refractivity contribution >= 4 is 11.9 Å². The fraction of sp³-hybridized carbons (Fsp3) is 0.667. The Morgan fingerprint density at radius 3 is 2.68 bits per heavy atom. The number of fused-ring (bicyclic) bond motifs is 4. The average Bonchev–Trinajstić information content (AvgIpc) is 2.81. The second-order valence-corrected chi connectivity index (χ2v) is 7.85. The predicted molar refractivity (Wildman–Crippen MR) is 79.8 cm³/mol. The highest BCUT2D eigenvalue weighted by Gasteiger charge is 2.64. The minimum absolute atomic E-state index is 0.0911. The molecule has 0 aromatic rings. The van der Waals surface area contributed by atoms with E-state index < -0.39 is 11.0 Å². The highest BCUT2D eigenvalue weighted by atomic mass is 16.6. The van der Waals surface area contributed by atoms with Crippen molar-refractivity contribution in [3.05, 3.63) is 22.8 Å². The lowest BCUT2D eigenvalue weighted by atomic mass is 9.54. The van der Waals surface area contributed by atoms with Crippen LogP contribution >= 0.6 is 0 Å². The molecule has 2 heterocycles. The van der Waals surface area contributed by atoms with Crippen LogP contribution < -0.4 is 0 Å². The molecule has 1 saturated carbocycles. The van der Waals surface area contributed by atoms with Crippen molar-refractivity contribution < 1.29 is 19.1 Å². The molecule has 4 atom stereocenters. The highest BCUT2D eigenvalue weighted by molar-refractivity contribution is 5.92. The third kappa shape index (κ3) is 1.53. The summed E-state index contributed by atoms with van der Waals surface area (Å²) in [5.41, 5.74) is 2.12. The topological polar surface area (TPSA) is 52.6 Å². The van der Waals surface area contributed by atoms with Crippen molar-refractivity contribution in [3.8, 4) is 0 Å². The van der Waals surface area contributed by atoms with Crippen molar-refractivity contribution in [2.45, 2.75) is 58.7 Å². The first-order valence-corrected chi connectivity index (χ1v) is 8.11. The van der Waals surface area contributed by atoms with E-state index in [1.165, 1.54) is 5.57 Å². The van der Waals surface area contributed by atoms with Gasteiger partial charge < -0.3 is 9.47 Å². The van der Waals surface area contributed by atoms with Crippen LogP contribution in [0.25, 0.3) is 0 Å². The Hall–Kier alpha value is -1.58. The fourth-order valence-corrected chi connectivity index (χ4v) is 5.19. The summed E-state index contributed by atoms with van der Waals surface area (Å²) in [5.74, 6) is 0.0319.